The molecule has 4 heterocycles. The Balaban J connectivity index is 1.58. The maximum atomic E-state index is 12.0. The van der Waals surface area contributed by atoms with Gasteiger partial charge in [0.2, 0.25) is 5.91 Å². The van der Waals surface area contributed by atoms with Gasteiger partial charge in [-0.2, -0.15) is 5.10 Å². The van der Waals surface area contributed by atoms with E-state index in [-0.39, 0.29) is 5.91 Å². The van der Waals surface area contributed by atoms with Gasteiger partial charge in [0.1, 0.15) is 0 Å². The molecule has 0 spiro atoms. The molecule has 0 saturated heterocycles. The first kappa shape index (κ1) is 17.7. The predicted molar refractivity (Wildman–Crippen MR) is 109 cm³/mol. The maximum Gasteiger partial charge on any atom is 0.219 e. The summed E-state index contributed by atoms with van der Waals surface area (Å²) in [5, 5.41) is 5.05. The van der Waals surface area contributed by atoms with Crippen molar-refractivity contribution in [3.05, 3.63) is 34.8 Å². The number of pyridine rings is 1. The monoisotopic (exact) mass is 379 g/mol. The molecule has 1 amide bonds. The molecule has 1 fully saturated rings. The second-order valence-corrected chi connectivity index (χ2v) is 8.75. The van der Waals surface area contributed by atoms with Crippen molar-refractivity contribution in [3.8, 4) is 0 Å². The molecule has 5 rings (SSSR count). The summed E-state index contributed by atoms with van der Waals surface area (Å²) in [5.74, 6) is 1.85. The molecule has 2 aliphatic heterocycles. The number of fused-ring (bicyclic) bond motifs is 2. The molecule has 0 radical (unpaired) electrons. The predicted octanol–water partition coefficient (Wildman–Crippen LogP) is 3.73. The number of aromatic nitrogens is 3. The summed E-state index contributed by atoms with van der Waals surface area (Å²) >= 11 is 0. The van der Waals surface area contributed by atoms with Crippen LogP contribution in [0.1, 0.15) is 74.5 Å². The van der Waals surface area contributed by atoms with Gasteiger partial charge in [-0.3, -0.25) is 14.5 Å². The Labute approximate surface area is 166 Å². The third-order valence-electron chi connectivity index (χ3n) is 6.36. The number of hydrogen-bond donors (Lipinski definition) is 0. The Morgan fingerprint density at radius 3 is 2.75 bits per heavy atom. The topological polar surface area (TPSA) is 54.3 Å². The van der Waals surface area contributed by atoms with E-state index in [2.05, 4.69) is 35.7 Å². The molecular formula is C22H29N5O. The second-order valence-electron chi connectivity index (χ2n) is 8.75. The molecule has 3 aliphatic rings. The van der Waals surface area contributed by atoms with E-state index in [1.54, 1.807) is 6.92 Å². The molecule has 28 heavy (non-hydrogen) atoms. The first-order valence-electron chi connectivity index (χ1n) is 10.6. The molecule has 0 N–H and O–H groups in total. The van der Waals surface area contributed by atoms with Crippen LogP contribution in [0.3, 0.4) is 0 Å². The number of amides is 1. The number of aryl methyl sites for hydroxylation is 1. The largest absolute Gasteiger partial charge is 0.338 e. The molecule has 2 aromatic heterocycles. The van der Waals surface area contributed by atoms with E-state index in [9.17, 15) is 4.79 Å². The van der Waals surface area contributed by atoms with E-state index in [0.717, 1.165) is 38.2 Å². The lowest BCUT2D eigenvalue weighted by Crippen LogP contribution is -2.35. The van der Waals surface area contributed by atoms with Crippen LogP contribution in [0.2, 0.25) is 0 Å². The Morgan fingerprint density at radius 2 is 2.04 bits per heavy atom. The summed E-state index contributed by atoms with van der Waals surface area (Å²) in [6.07, 6.45) is 7.74. The van der Waals surface area contributed by atoms with Crippen LogP contribution in [0, 0.1) is 0 Å². The molecule has 2 aromatic rings. The number of rotatable bonds is 3. The van der Waals surface area contributed by atoms with Gasteiger partial charge in [0, 0.05) is 55.3 Å². The minimum Gasteiger partial charge on any atom is -0.338 e. The summed E-state index contributed by atoms with van der Waals surface area (Å²) in [7, 11) is 0. The Kier molecular flexibility index (Phi) is 4.18. The van der Waals surface area contributed by atoms with Gasteiger partial charge in [-0.25, -0.2) is 0 Å². The molecule has 0 bridgehead atoms. The smallest absolute Gasteiger partial charge is 0.219 e. The van der Waals surface area contributed by atoms with Crippen molar-refractivity contribution in [2.75, 3.05) is 18.0 Å². The number of carbonyl (C=O) groups is 1. The summed E-state index contributed by atoms with van der Waals surface area (Å²) in [6, 6.07) is 2.64. The van der Waals surface area contributed by atoms with Gasteiger partial charge in [0.25, 0.3) is 0 Å². The molecular weight excluding hydrogens is 350 g/mol. The van der Waals surface area contributed by atoms with Crippen molar-refractivity contribution in [2.45, 2.75) is 71.4 Å². The third-order valence-corrected chi connectivity index (χ3v) is 6.36. The molecule has 6 heteroatoms. The van der Waals surface area contributed by atoms with Gasteiger partial charge in [-0.05, 0) is 51.2 Å². The van der Waals surface area contributed by atoms with Crippen LogP contribution < -0.4 is 4.90 Å². The number of carbonyl (C=O) groups excluding carboxylic acids is 1. The van der Waals surface area contributed by atoms with Crippen molar-refractivity contribution >= 4 is 17.4 Å². The van der Waals surface area contributed by atoms with E-state index in [4.69, 9.17) is 10.1 Å². The Bertz CT molecular complexity index is 927. The standard InChI is InChI=1S/C22H29N5O/c1-14(2)27-20-8-10-25(15(3)28)13-18(20)22(24-27)26-9-4-5-17-11-19(16-6-7-16)23-12-21(17)26/h11-12,14,16H,4-10,13H2,1-3H3. The normalized spacial score (nSPS) is 19.0. The van der Waals surface area contributed by atoms with Crippen LogP contribution in [0.15, 0.2) is 12.3 Å². The fourth-order valence-corrected chi connectivity index (χ4v) is 4.66. The number of nitrogens with zero attached hydrogens (tertiary/aromatic N) is 5. The minimum atomic E-state index is 0.142. The SMILES string of the molecule is CC(=O)N1CCc2c(c(N3CCCc4cc(C5CC5)ncc43)nn2C(C)C)C1. The summed E-state index contributed by atoms with van der Waals surface area (Å²) < 4.78 is 2.17. The van der Waals surface area contributed by atoms with Crippen molar-refractivity contribution in [1.82, 2.24) is 19.7 Å². The van der Waals surface area contributed by atoms with E-state index in [1.807, 2.05) is 4.90 Å². The fourth-order valence-electron chi connectivity index (χ4n) is 4.66. The van der Waals surface area contributed by atoms with Gasteiger partial charge in [0.15, 0.2) is 5.82 Å². The highest BCUT2D eigenvalue weighted by atomic mass is 16.2. The zero-order valence-corrected chi connectivity index (χ0v) is 17.1. The molecule has 0 unspecified atom stereocenters. The molecule has 0 aromatic carbocycles. The molecule has 6 nitrogen and oxygen atoms in total. The van der Waals surface area contributed by atoms with Crippen molar-refractivity contribution in [3.63, 3.8) is 0 Å². The van der Waals surface area contributed by atoms with E-state index >= 15 is 0 Å². The van der Waals surface area contributed by atoms with Gasteiger partial charge >= 0.3 is 0 Å². The fraction of sp³-hybridized carbons (Fsp3) is 0.591. The molecule has 0 atom stereocenters. The lowest BCUT2D eigenvalue weighted by atomic mass is 10.00. The summed E-state index contributed by atoms with van der Waals surface area (Å²) in [5.41, 5.74) is 6.37. The summed E-state index contributed by atoms with van der Waals surface area (Å²) in [4.78, 5) is 21.1. The van der Waals surface area contributed by atoms with Crippen molar-refractivity contribution in [2.24, 2.45) is 0 Å². The van der Waals surface area contributed by atoms with Crippen molar-refractivity contribution in [1.29, 1.82) is 0 Å². The molecule has 148 valence electrons. The van der Waals surface area contributed by atoms with Crippen LogP contribution >= 0.6 is 0 Å². The highest BCUT2D eigenvalue weighted by Crippen LogP contribution is 2.42. The first-order chi connectivity index (χ1) is 13.5. The van der Waals surface area contributed by atoms with Gasteiger partial charge in [-0.1, -0.05) is 0 Å². The third kappa shape index (κ3) is 2.90. The highest BCUT2D eigenvalue weighted by Gasteiger charge is 2.32. The van der Waals surface area contributed by atoms with Crippen LogP contribution in [0.25, 0.3) is 0 Å². The lowest BCUT2D eigenvalue weighted by Gasteiger charge is -2.32. The van der Waals surface area contributed by atoms with Gasteiger partial charge in [-0.15, -0.1) is 0 Å². The quantitative estimate of drug-likeness (QED) is 0.815. The average molecular weight is 380 g/mol. The Hall–Kier alpha value is -2.37. The van der Waals surface area contributed by atoms with Crippen LogP contribution in [-0.4, -0.2) is 38.7 Å². The first-order valence-corrected chi connectivity index (χ1v) is 10.6. The zero-order chi connectivity index (χ0) is 19.4. The van der Waals surface area contributed by atoms with Gasteiger partial charge < -0.3 is 9.80 Å². The Morgan fingerprint density at radius 1 is 1.21 bits per heavy atom. The van der Waals surface area contributed by atoms with Crippen molar-refractivity contribution < 1.29 is 4.79 Å². The van der Waals surface area contributed by atoms with Crippen LogP contribution in [-0.2, 0) is 24.2 Å². The van der Waals surface area contributed by atoms with E-state index in [0.29, 0.717) is 18.5 Å². The average Bonchev–Trinajstić information content (AvgIpc) is 3.47. The van der Waals surface area contributed by atoms with Gasteiger partial charge in [0.05, 0.1) is 18.4 Å². The summed E-state index contributed by atoms with van der Waals surface area (Å²) in [6.45, 7) is 8.43. The zero-order valence-electron chi connectivity index (χ0n) is 17.1. The van der Waals surface area contributed by atoms with E-state index in [1.165, 1.54) is 41.0 Å². The maximum absolute atomic E-state index is 12.0. The lowest BCUT2D eigenvalue weighted by molar-refractivity contribution is -0.129. The number of hydrogen-bond acceptors (Lipinski definition) is 4. The minimum absolute atomic E-state index is 0.142. The van der Waals surface area contributed by atoms with Crippen LogP contribution in [0.4, 0.5) is 11.5 Å². The molecule has 1 aliphatic carbocycles. The highest BCUT2D eigenvalue weighted by molar-refractivity contribution is 5.75. The molecule has 1 saturated carbocycles. The second kappa shape index (κ2) is 6.61. The number of anilines is 2. The van der Waals surface area contributed by atoms with Crippen LogP contribution in [0.5, 0.6) is 0 Å². The van der Waals surface area contributed by atoms with E-state index < -0.39 is 0 Å².